The van der Waals surface area contributed by atoms with E-state index in [-0.39, 0.29) is 5.54 Å². The molecule has 2 N–H and O–H groups in total. The molecule has 1 aromatic heterocycles. The summed E-state index contributed by atoms with van der Waals surface area (Å²) in [5, 5.41) is 0. The Morgan fingerprint density at radius 3 is 2.53 bits per heavy atom. The van der Waals surface area contributed by atoms with Crippen LogP contribution in [-0.4, -0.2) is 24.0 Å². The zero-order valence-corrected chi connectivity index (χ0v) is 12.6. The topological polar surface area (TPSA) is 42.4 Å². The van der Waals surface area contributed by atoms with E-state index in [4.69, 9.17) is 10.2 Å². The van der Waals surface area contributed by atoms with E-state index >= 15 is 0 Å². The second-order valence-corrected chi connectivity index (χ2v) is 6.15. The fourth-order valence-electron chi connectivity index (χ4n) is 3.34. The van der Waals surface area contributed by atoms with Crippen LogP contribution in [0.1, 0.15) is 50.5 Å². The highest BCUT2D eigenvalue weighted by Crippen LogP contribution is 2.37. The van der Waals surface area contributed by atoms with Crippen molar-refractivity contribution in [2.75, 3.05) is 13.6 Å². The van der Waals surface area contributed by atoms with E-state index in [2.05, 4.69) is 24.9 Å². The Labute approximate surface area is 117 Å². The smallest absolute Gasteiger partial charge is 0.118 e. The molecule has 19 heavy (non-hydrogen) atoms. The first-order valence-electron chi connectivity index (χ1n) is 7.56. The van der Waals surface area contributed by atoms with Gasteiger partial charge in [0, 0.05) is 12.1 Å². The Morgan fingerprint density at radius 1 is 1.37 bits per heavy atom. The van der Waals surface area contributed by atoms with Crippen molar-refractivity contribution in [2.45, 2.75) is 58.0 Å². The summed E-state index contributed by atoms with van der Waals surface area (Å²) in [7, 11) is 2.19. The minimum absolute atomic E-state index is 0.173. The average molecular weight is 264 g/mol. The molecule has 0 saturated heterocycles. The van der Waals surface area contributed by atoms with Crippen molar-refractivity contribution in [1.82, 2.24) is 4.90 Å². The molecule has 1 saturated carbocycles. The van der Waals surface area contributed by atoms with Crippen LogP contribution in [0.5, 0.6) is 0 Å². The molecule has 2 rings (SSSR count). The van der Waals surface area contributed by atoms with Crippen LogP contribution in [0.2, 0.25) is 0 Å². The van der Waals surface area contributed by atoms with E-state index in [1.54, 1.807) is 0 Å². The summed E-state index contributed by atoms with van der Waals surface area (Å²) in [5.74, 6) is 2.93. The summed E-state index contributed by atoms with van der Waals surface area (Å²) in [6.45, 7) is 5.91. The molecule has 1 fully saturated rings. The van der Waals surface area contributed by atoms with Gasteiger partial charge in [-0.25, -0.2) is 0 Å². The van der Waals surface area contributed by atoms with Gasteiger partial charge in [-0.15, -0.1) is 0 Å². The van der Waals surface area contributed by atoms with Crippen LogP contribution in [0.4, 0.5) is 0 Å². The van der Waals surface area contributed by atoms with Crippen molar-refractivity contribution in [3.63, 3.8) is 0 Å². The van der Waals surface area contributed by atoms with Gasteiger partial charge in [0.15, 0.2) is 0 Å². The van der Waals surface area contributed by atoms with E-state index in [9.17, 15) is 0 Å². The van der Waals surface area contributed by atoms with E-state index < -0.39 is 0 Å². The fraction of sp³-hybridized carbons (Fsp3) is 0.750. The Balaban J connectivity index is 2.00. The third-order valence-electron chi connectivity index (χ3n) is 4.99. The quantitative estimate of drug-likeness (QED) is 0.887. The van der Waals surface area contributed by atoms with Gasteiger partial charge in [0.05, 0.1) is 6.54 Å². The first-order valence-corrected chi connectivity index (χ1v) is 7.56. The predicted octanol–water partition coefficient (Wildman–Crippen LogP) is 3.32. The maximum absolute atomic E-state index is 6.11. The second kappa shape index (κ2) is 6.10. The van der Waals surface area contributed by atoms with Crippen molar-refractivity contribution < 1.29 is 4.42 Å². The van der Waals surface area contributed by atoms with Crippen molar-refractivity contribution in [3.05, 3.63) is 23.7 Å². The third kappa shape index (κ3) is 3.21. The summed E-state index contributed by atoms with van der Waals surface area (Å²) < 4.78 is 5.69. The lowest BCUT2D eigenvalue weighted by Crippen LogP contribution is -2.53. The minimum Gasteiger partial charge on any atom is -0.465 e. The number of hydrogen-bond acceptors (Lipinski definition) is 3. The van der Waals surface area contributed by atoms with Crippen LogP contribution in [0, 0.1) is 12.8 Å². The molecule has 108 valence electrons. The van der Waals surface area contributed by atoms with Crippen LogP contribution < -0.4 is 5.73 Å². The molecule has 1 aromatic rings. The molecule has 0 bridgehead atoms. The number of nitrogens with zero attached hydrogens (tertiary/aromatic N) is 1. The summed E-state index contributed by atoms with van der Waals surface area (Å²) in [4.78, 5) is 2.41. The molecule has 1 heterocycles. The fourth-order valence-corrected chi connectivity index (χ4v) is 3.34. The third-order valence-corrected chi connectivity index (χ3v) is 4.99. The van der Waals surface area contributed by atoms with Crippen LogP contribution in [0.25, 0.3) is 0 Å². The molecular formula is C16H28N2O. The first kappa shape index (κ1) is 14.6. The van der Waals surface area contributed by atoms with Gasteiger partial charge in [0.25, 0.3) is 0 Å². The summed E-state index contributed by atoms with van der Waals surface area (Å²) in [5.41, 5.74) is 6.29. The normalized spacial score (nSPS) is 27.9. The maximum atomic E-state index is 6.11. The molecule has 0 aliphatic heterocycles. The Hall–Kier alpha value is -0.800. The lowest BCUT2D eigenvalue weighted by molar-refractivity contribution is 0.0526. The number of furan rings is 1. The standard InChI is InChI=1S/C16H28N2O/c1-4-14-7-9-16(12-17,10-8-14)18(3)11-15-6-5-13(2)19-15/h5-6,14H,4,7-12,17H2,1-3H3. The van der Waals surface area contributed by atoms with Crippen molar-refractivity contribution in [3.8, 4) is 0 Å². The van der Waals surface area contributed by atoms with Gasteiger partial charge < -0.3 is 10.2 Å². The van der Waals surface area contributed by atoms with Crippen LogP contribution >= 0.6 is 0 Å². The van der Waals surface area contributed by atoms with Gasteiger partial charge in [-0.05, 0) is 57.7 Å². The Kier molecular flexibility index (Phi) is 4.69. The molecule has 0 amide bonds. The highest BCUT2D eigenvalue weighted by atomic mass is 16.3. The lowest BCUT2D eigenvalue weighted by Gasteiger charge is -2.45. The number of aryl methyl sites for hydroxylation is 1. The predicted molar refractivity (Wildman–Crippen MR) is 78.9 cm³/mol. The molecule has 0 aromatic carbocycles. The van der Waals surface area contributed by atoms with Gasteiger partial charge in [-0.1, -0.05) is 13.3 Å². The molecule has 1 aliphatic rings. The molecule has 3 nitrogen and oxygen atoms in total. The van der Waals surface area contributed by atoms with Gasteiger partial charge >= 0.3 is 0 Å². The maximum Gasteiger partial charge on any atom is 0.118 e. The number of rotatable bonds is 5. The van der Waals surface area contributed by atoms with Crippen molar-refractivity contribution in [2.24, 2.45) is 11.7 Å². The molecule has 0 unspecified atom stereocenters. The monoisotopic (exact) mass is 264 g/mol. The van der Waals surface area contributed by atoms with Gasteiger partial charge in [0.2, 0.25) is 0 Å². The highest BCUT2D eigenvalue weighted by molar-refractivity contribution is 5.06. The average Bonchev–Trinajstić information content (AvgIpc) is 2.84. The van der Waals surface area contributed by atoms with Crippen molar-refractivity contribution in [1.29, 1.82) is 0 Å². The minimum atomic E-state index is 0.173. The van der Waals surface area contributed by atoms with Gasteiger partial charge in [-0.2, -0.15) is 0 Å². The molecule has 3 heteroatoms. The van der Waals surface area contributed by atoms with E-state index in [1.165, 1.54) is 32.1 Å². The highest BCUT2D eigenvalue weighted by Gasteiger charge is 2.37. The summed E-state index contributed by atoms with van der Waals surface area (Å²) in [6.07, 6.45) is 6.38. The Morgan fingerprint density at radius 2 is 2.05 bits per heavy atom. The molecule has 0 radical (unpaired) electrons. The number of likely N-dealkylation sites (N-methyl/N-ethyl adjacent to an activating group) is 1. The first-order chi connectivity index (χ1) is 9.09. The zero-order chi connectivity index (χ0) is 13.9. The molecule has 0 spiro atoms. The van der Waals surface area contributed by atoms with Gasteiger partial charge in [0.1, 0.15) is 11.5 Å². The van der Waals surface area contributed by atoms with E-state index in [1.807, 2.05) is 13.0 Å². The van der Waals surface area contributed by atoms with Crippen LogP contribution in [-0.2, 0) is 6.54 Å². The SMILES string of the molecule is CCC1CCC(CN)(N(C)Cc2ccc(C)o2)CC1. The summed E-state index contributed by atoms with van der Waals surface area (Å²) in [6, 6.07) is 4.11. The second-order valence-electron chi connectivity index (χ2n) is 6.15. The Bertz CT molecular complexity index is 391. The number of hydrogen-bond donors (Lipinski definition) is 1. The van der Waals surface area contributed by atoms with Crippen LogP contribution in [0.3, 0.4) is 0 Å². The molecular weight excluding hydrogens is 236 g/mol. The van der Waals surface area contributed by atoms with E-state index in [0.717, 1.165) is 30.5 Å². The zero-order valence-electron chi connectivity index (χ0n) is 12.6. The molecule has 0 atom stereocenters. The van der Waals surface area contributed by atoms with Crippen LogP contribution in [0.15, 0.2) is 16.5 Å². The van der Waals surface area contributed by atoms with Crippen molar-refractivity contribution >= 4 is 0 Å². The molecule has 1 aliphatic carbocycles. The largest absolute Gasteiger partial charge is 0.465 e. The van der Waals surface area contributed by atoms with Gasteiger partial charge in [-0.3, -0.25) is 4.90 Å². The number of nitrogens with two attached hydrogens (primary N) is 1. The lowest BCUT2D eigenvalue weighted by atomic mass is 9.74. The van der Waals surface area contributed by atoms with E-state index in [0.29, 0.717) is 0 Å². The summed E-state index contributed by atoms with van der Waals surface area (Å²) >= 11 is 0.